The van der Waals surface area contributed by atoms with Crippen molar-refractivity contribution in [1.29, 1.82) is 0 Å². The molecule has 1 aliphatic carbocycles. The van der Waals surface area contributed by atoms with Crippen LogP contribution in [0.4, 0.5) is 0 Å². The zero-order chi connectivity index (χ0) is 11.3. The van der Waals surface area contributed by atoms with Crippen LogP contribution in [-0.4, -0.2) is 28.9 Å². The van der Waals surface area contributed by atoms with Crippen LogP contribution in [-0.2, 0) is 9.53 Å². The molecular weight excluding hydrogens is 196 g/mol. The van der Waals surface area contributed by atoms with Crippen LogP contribution in [0.25, 0.3) is 0 Å². The average molecular weight is 210 g/mol. The predicted molar refractivity (Wildman–Crippen MR) is 55.2 cm³/mol. The molecule has 1 unspecified atom stereocenters. The Bertz CT molecular complexity index is 325. The summed E-state index contributed by atoms with van der Waals surface area (Å²) in [5, 5.41) is 18.4. The average Bonchev–Trinajstić information content (AvgIpc) is 2.20. The summed E-state index contributed by atoms with van der Waals surface area (Å²) >= 11 is 0. The molecule has 0 fully saturated rings. The predicted octanol–water partition coefficient (Wildman–Crippen LogP) is 1.24. The highest BCUT2D eigenvalue weighted by molar-refractivity contribution is 5.82. The van der Waals surface area contributed by atoms with Crippen LogP contribution in [0.1, 0.15) is 13.3 Å². The largest absolute Gasteiger partial charge is 0.510 e. The van der Waals surface area contributed by atoms with Gasteiger partial charge in [0, 0.05) is 6.08 Å². The Kier molecular flexibility index (Phi) is 4.12. The first kappa shape index (κ1) is 11.5. The van der Waals surface area contributed by atoms with Crippen LogP contribution in [0.5, 0.6) is 0 Å². The van der Waals surface area contributed by atoms with Crippen LogP contribution >= 0.6 is 0 Å². The highest BCUT2D eigenvalue weighted by Gasteiger charge is 2.11. The lowest BCUT2D eigenvalue weighted by molar-refractivity contribution is -0.137. The third-order valence-electron chi connectivity index (χ3n) is 1.94. The number of rotatable bonds is 3. The van der Waals surface area contributed by atoms with E-state index in [4.69, 9.17) is 9.84 Å². The smallest absolute Gasteiger partial charge is 0.330 e. The van der Waals surface area contributed by atoms with Crippen molar-refractivity contribution in [2.75, 3.05) is 6.61 Å². The molecule has 0 bridgehead atoms. The van der Waals surface area contributed by atoms with E-state index in [2.05, 4.69) is 0 Å². The summed E-state index contributed by atoms with van der Waals surface area (Å²) in [6, 6.07) is 0. The molecule has 0 saturated carbocycles. The van der Waals surface area contributed by atoms with Crippen LogP contribution in [0.15, 0.2) is 35.6 Å². The number of carbonyl (C=O) groups is 1. The van der Waals surface area contributed by atoms with Gasteiger partial charge in [-0.15, -0.1) is 0 Å². The molecule has 15 heavy (non-hydrogen) atoms. The van der Waals surface area contributed by atoms with Gasteiger partial charge in [-0.1, -0.05) is 6.08 Å². The Labute approximate surface area is 88.2 Å². The van der Waals surface area contributed by atoms with Crippen LogP contribution in [0.2, 0.25) is 0 Å². The lowest BCUT2D eigenvalue weighted by atomic mass is 10.0. The molecule has 0 spiro atoms. The number of carbonyl (C=O) groups excluding carboxylic acids is 1. The van der Waals surface area contributed by atoms with Gasteiger partial charge in [0.15, 0.2) is 0 Å². The fraction of sp³-hybridized carbons (Fsp3) is 0.364. The van der Waals surface area contributed by atoms with E-state index in [9.17, 15) is 9.90 Å². The molecule has 0 heterocycles. The minimum absolute atomic E-state index is 0.0525. The van der Waals surface area contributed by atoms with Crippen molar-refractivity contribution in [2.45, 2.75) is 19.4 Å². The molecule has 4 heteroatoms. The van der Waals surface area contributed by atoms with E-state index in [0.717, 1.165) is 5.57 Å². The number of hydrogen-bond acceptors (Lipinski definition) is 4. The molecule has 0 amide bonds. The van der Waals surface area contributed by atoms with E-state index < -0.39 is 12.1 Å². The first-order valence-electron chi connectivity index (χ1n) is 4.76. The first-order chi connectivity index (χ1) is 7.13. The standard InChI is InChI=1S/C11H14O4/c1-2-15-11(14)6-4-8-3-5-9(12)10(13)7-8/h4-7,10,12-13H,2-3H2,1H3/b6-4+. The highest BCUT2D eigenvalue weighted by atomic mass is 16.5. The van der Waals surface area contributed by atoms with Crippen molar-refractivity contribution in [3.05, 3.63) is 35.6 Å². The fourth-order valence-corrected chi connectivity index (χ4v) is 1.19. The second kappa shape index (κ2) is 5.36. The van der Waals surface area contributed by atoms with Gasteiger partial charge in [0.05, 0.1) is 6.61 Å². The van der Waals surface area contributed by atoms with Gasteiger partial charge < -0.3 is 14.9 Å². The van der Waals surface area contributed by atoms with Gasteiger partial charge in [-0.3, -0.25) is 0 Å². The van der Waals surface area contributed by atoms with E-state index >= 15 is 0 Å². The van der Waals surface area contributed by atoms with Gasteiger partial charge in [-0.2, -0.15) is 0 Å². The molecule has 0 aromatic rings. The third-order valence-corrected chi connectivity index (χ3v) is 1.94. The molecule has 1 atom stereocenters. The van der Waals surface area contributed by atoms with Gasteiger partial charge in [0.25, 0.3) is 0 Å². The number of esters is 1. The van der Waals surface area contributed by atoms with Crippen molar-refractivity contribution in [2.24, 2.45) is 0 Å². The van der Waals surface area contributed by atoms with Gasteiger partial charge in [-0.25, -0.2) is 4.79 Å². The zero-order valence-electron chi connectivity index (χ0n) is 8.51. The van der Waals surface area contributed by atoms with Gasteiger partial charge in [0.1, 0.15) is 11.9 Å². The summed E-state index contributed by atoms with van der Waals surface area (Å²) in [6.07, 6.45) is 5.41. The van der Waals surface area contributed by atoms with Crippen molar-refractivity contribution < 1.29 is 19.7 Å². The molecule has 0 aliphatic heterocycles. The maximum absolute atomic E-state index is 11.0. The molecular formula is C11H14O4. The Balaban J connectivity index is 2.54. The minimum atomic E-state index is -0.972. The van der Waals surface area contributed by atoms with Gasteiger partial charge >= 0.3 is 5.97 Å². The summed E-state index contributed by atoms with van der Waals surface area (Å²) in [5.74, 6) is -0.463. The van der Waals surface area contributed by atoms with Crippen LogP contribution in [0.3, 0.4) is 0 Å². The van der Waals surface area contributed by atoms with E-state index in [1.807, 2.05) is 0 Å². The fourth-order valence-electron chi connectivity index (χ4n) is 1.19. The summed E-state index contributed by atoms with van der Waals surface area (Å²) < 4.78 is 4.70. The Morgan fingerprint density at radius 2 is 2.47 bits per heavy atom. The molecule has 2 N–H and O–H groups in total. The number of aliphatic hydroxyl groups is 2. The minimum Gasteiger partial charge on any atom is -0.510 e. The lowest BCUT2D eigenvalue weighted by Gasteiger charge is -2.12. The quantitative estimate of drug-likeness (QED) is 0.543. The van der Waals surface area contributed by atoms with Crippen molar-refractivity contribution in [3.63, 3.8) is 0 Å². The highest BCUT2D eigenvalue weighted by Crippen LogP contribution is 2.16. The number of ether oxygens (including phenoxy) is 1. The van der Waals surface area contributed by atoms with E-state index in [1.165, 1.54) is 18.2 Å². The Morgan fingerprint density at radius 1 is 1.73 bits per heavy atom. The SMILES string of the molecule is CCOC(=O)/C=C/C1=CC(O)C(O)=CC1. The summed E-state index contributed by atoms with van der Waals surface area (Å²) in [7, 11) is 0. The van der Waals surface area contributed by atoms with Crippen molar-refractivity contribution in [1.82, 2.24) is 0 Å². The third kappa shape index (κ3) is 3.59. The number of aliphatic hydroxyl groups excluding tert-OH is 2. The van der Waals surface area contributed by atoms with E-state index in [1.54, 1.807) is 13.0 Å². The molecule has 4 nitrogen and oxygen atoms in total. The maximum Gasteiger partial charge on any atom is 0.330 e. The molecule has 0 radical (unpaired) electrons. The number of hydrogen-bond donors (Lipinski definition) is 2. The molecule has 0 saturated heterocycles. The number of allylic oxidation sites excluding steroid dienone is 3. The summed E-state index contributed by atoms with van der Waals surface area (Å²) in [6.45, 7) is 2.07. The molecule has 82 valence electrons. The van der Waals surface area contributed by atoms with Gasteiger partial charge in [0.2, 0.25) is 0 Å². The topological polar surface area (TPSA) is 66.8 Å². The molecule has 1 aliphatic rings. The summed E-state index contributed by atoms with van der Waals surface area (Å²) in [5.41, 5.74) is 0.772. The van der Waals surface area contributed by atoms with E-state index in [0.29, 0.717) is 13.0 Å². The van der Waals surface area contributed by atoms with Crippen LogP contribution in [0, 0.1) is 0 Å². The Morgan fingerprint density at radius 3 is 3.07 bits per heavy atom. The first-order valence-corrected chi connectivity index (χ1v) is 4.76. The summed E-state index contributed by atoms with van der Waals surface area (Å²) in [4.78, 5) is 11.0. The second-order valence-corrected chi connectivity index (χ2v) is 3.10. The molecule has 1 rings (SSSR count). The molecule has 0 aromatic carbocycles. The molecule has 0 aromatic heterocycles. The monoisotopic (exact) mass is 210 g/mol. The normalized spacial score (nSPS) is 21.1. The van der Waals surface area contributed by atoms with E-state index in [-0.39, 0.29) is 5.76 Å². The second-order valence-electron chi connectivity index (χ2n) is 3.10. The maximum atomic E-state index is 11.0. The van der Waals surface area contributed by atoms with Crippen LogP contribution < -0.4 is 0 Å². The Hall–Kier alpha value is -1.55. The van der Waals surface area contributed by atoms with Crippen molar-refractivity contribution >= 4 is 5.97 Å². The van der Waals surface area contributed by atoms with Gasteiger partial charge in [-0.05, 0) is 31.1 Å². The van der Waals surface area contributed by atoms with Crippen molar-refractivity contribution in [3.8, 4) is 0 Å². The zero-order valence-corrected chi connectivity index (χ0v) is 8.51. The lowest BCUT2D eigenvalue weighted by Crippen LogP contribution is -2.10.